The highest BCUT2D eigenvalue weighted by molar-refractivity contribution is 5.93. The van der Waals surface area contributed by atoms with Crippen LogP contribution in [0.1, 0.15) is 35.5 Å². The Labute approximate surface area is 165 Å². The molecule has 0 unspecified atom stereocenters. The van der Waals surface area contributed by atoms with E-state index in [-0.39, 0.29) is 12.0 Å². The van der Waals surface area contributed by atoms with Crippen LogP contribution in [-0.4, -0.2) is 22.0 Å². The van der Waals surface area contributed by atoms with Gasteiger partial charge >= 0.3 is 0 Å². The van der Waals surface area contributed by atoms with Crippen molar-refractivity contribution in [2.24, 2.45) is 0 Å². The van der Waals surface area contributed by atoms with Crippen LogP contribution in [0.25, 0.3) is 0 Å². The average Bonchev–Trinajstić information content (AvgIpc) is 2.67. The first-order valence-electron chi connectivity index (χ1n) is 9.20. The fourth-order valence-electron chi connectivity index (χ4n) is 2.71. The third kappa shape index (κ3) is 5.30. The molecule has 0 saturated carbocycles. The summed E-state index contributed by atoms with van der Waals surface area (Å²) in [5.74, 6) is 0.996. The van der Waals surface area contributed by atoms with Crippen molar-refractivity contribution in [2.75, 3.05) is 5.32 Å². The maximum atomic E-state index is 12.5. The van der Waals surface area contributed by atoms with Crippen LogP contribution in [-0.2, 0) is 6.54 Å². The van der Waals surface area contributed by atoms with Crippen LogP contribution < -0.4 is 15.4 Å². The molecule has 3 aromatic rings. The van der Waals surface area contributed by atoms with Crippen LogP contribution in [0.5, 0.6) is 5.75 Å². The van der Waals surface area contributed by atoms with Crippen molar-refractivity contribution < 1.29 is 9.53 Å². The minimum atomic E-state index is -0.251. The smallest absolute Gasteiger partial charge is 0.270 e. The molecule has 6 nitrogen and oxygen atoms in total. The Morgan fingerprint density at radius 2 is 1.89 bits per heavy atom. The molecule has 1 aromatic heterocycles. The summed E-state index contributed by atoms with van der Waals surface area (Å²) < 4.78 is 5.81. The van der Waals surface area contributed by atoms with Gasteiger partial charge in [0, 0.05) is 12.6 Å². The number of amides is 1. The number of carbonyl (C=O) groups excluding carboxylic acids is 1. The molecule has 0 atom stereocenters. The number of hydrogen-bond acceptors (Lipinski definition) is 5. The summed E-state index contributed by atoms with van der Waals surface area (Å²) in [5, 5.41) is 6.09. The van der Waals surface area contributed by atoms with Gasteiger partial charge < -0.3 is 15.4 Å². The largest absolute Gasteiger partial charge is 0.489 e. The summed E-state index contributed by atoms with van der Waals surface area (Å²) in [5.41, 5.74) is 3.27. The highest BCUT2D eigenvalue weighted by atomic mass is 16.5. The quantitative estimate of drug-likeness (QED) is 0.645. The maximum absolute atomic E-state index is 12.5. The molecule has 1 heterocycles. The standard InChI is InChI=1S/C22H24N4O2/c1-15(2)28-20-10-5-4-9-18(20)26-21-12-19(24-14-25-21)22(27)23-13-17-8-6-7-16(3)11-17/h4-12,14-15H,13H2,1-3H3,(H,23,27)(H,24,25,26). The first-order valence-corrected chi connectivity index (χ1v) is 9.20. The number of carbonyl (C=O) groups is 1. The Balaban J connectivity index is 1.69. The van der Waals surface area contributed by atoms with E-state index in [1.54, 1.807) is 6.07 Å². The second kappa shape index (κ2) is 8.99. The Hall–Kier alpha value is -3.41. The van der Waals surface area contributed by atoms with Gasteiger partial charge in [0.2, 0.25) is 0 Å². The van der Waals surface area contributed by atoms with Gasteiger partial charge in [-0.1, -0.05) is 42.0 Å². The first kappa shape index (κ1) is 19.4. The highest BCUT2D eigenvalue weighted by Gasteiger charge is 2.11. The molecule has 0 aliphatic rings. The molecule has 2 N–H and O–H groups in total. The minimum Gasteiger partial charge on any atom is -0.489 e. The van der Waals surface area contributed by atoms with E-state index in [0.29, 0.717) is 18.1 Å². The predicted molar refractivity (Wildman–Crippen MR) is 110 cm³/mol. The summed E-state index contributed by atoms with van der Waals surface area (Å²) >= 11 is 0. The van der Waals surface area contributed by atoms with Gasteiger partial charge in [-0.25, -0.2) is 9.97 Å². The lowest BCUT2D eigenvalue weighted by Crippen LogP contribution is -2.24. The molecule has 3 rings (SSSR count). The van der Waals surface area contributed by atoms with E-state index >= 15 is 0 Å². The van der Waals surface area contributed by atoms with Gasteiger partial charge in [-0.3, -0.25) is 4.79 Å². The Morgan fingerprint density at radius 1 is 1.07 bits per heavy atom. The fourth-order valence-corrected chi connectivity index (χ4v) is 2.71. The zero-order valence-corrected chi connectivity index (χ0v) is 16.3. The number of para-hydroxylation sites is 2. The van der Waals surface area contributed by atoms with Crippen molar-refractivity contribution in [2.45, 2.75) is 33.4 Å². The molecular weight excluding hydrogens is 352 g/mol. The van der Waals surface area contributed by atoms with Crippen molar-refractivity contribution >= 4 is 17.4 Å². The molecule has 0 spiro atoms. The number of aryl methyl sites for hydroxylation is 1. The molecule has 6 heteroatoms. The number of nitrogens with one attached hydrogen (secondary N) is 2. The van der Waals surface area contributed by atoms with Gasteiger partial charge in [-0.15, -0.1) is 0 Å². The maximum Gasteiger partial charge on any atom is 0.270 e. The number of rotatable bonds is 7. The van der Waals surface area contributed by atoms with E-state index in [1.807, 2.05) is 69.3 Å². The van der Waals surface area contributed by atoms with Gasteiger partial charge in [-0.05, 0) is 38.5 Å². The number of nitrogens with zero attached hydrogens (tertiary/aromatic N) is 2. The van der Waals surface area contributed by atoms with Crippen LogP contribution in [0.15, 0.2) is 60.9 Å². The number of anilines is 2. The van der Waals surface area contributed by atoms with E-state index < -0.39 is 0 Å². The van der Waals surface area contributed by atoms with Crippen molar-refractivity contribution in [3.05, 3.63) is 77.7 Å². The number of benzene rings is 2. The summed E-state index contributed by atoms with van der Waals surface area (Å²) in [6, 6.07) is 17.2. The van der Waals surface area contributed by atoms with Crippen molar-refractivity contribution in [1.82, 2.24) is 15.3 Å². The third-order valence-electron chi connectivity index (χ3n) is 3.95. The summed E-state index contributed by atoms with van der Waals surface area (Å²) in [4.78, 5) is 20.8. The van der Waals surface area contributed by atoms with Gasteiger partial charge in [0.05, 0.1) is 11.8 Å². The fraction of sp³-hybridized carbons (Fsp3) is 0.227. The molecule has 144 valence electrons. The number of hydrogen-bond donors (Lipinski definition) is 2. The SMILES string of the molecule is Cc1cccc(CNC(=O)c2cc(Nc3ccccc3OC(C)C)ncn2)c1. The van der Waals surface area contributed by atoms with Crippen LogP contribution in [0, 0.1) is 6.92 Å². The average molecular weight is 376 g/mol. The Morgan fingerprint density at radius 3 is 2.68 bits per heavy atom. The van der Waals surface area contributed by atoms with Gasteiger partial charge in [0.15, 0.2) is 0 Å². The zero-order chi connectivity index (χ0) is 19.9. The molecule has 0 radical (unpaired) electrons. The monoisotopic (exact) mass is 376 g/mol. The lowest BCUT2D eigenvalue weighted by Gasteiger charge is -2.15. The number of aromatic nitrogens is 2. The van der Waals surface area contributed by atoms with E-state index in [2.05, 4.69) is 20.6 Å². The lowest BCUT2D eigenvalue weighted by atomic mass is 10.1. The number of ether oxygens (including phenoxy) is 1. The molecule has 0 saturated heterocycles. The van der Waals surface area contributed by atoms with Crippen molar-refractivity contribution in [3.8, 4) is 5.75 Å². The van der Waals surface area contributed by atoms with E-state index in [1.165, 1.54) is 6.33 Å². The molecule has 0 bridgehead atoms. The summed E-state index contributed by atoms with van der Waals surface area (Å²) in [6.45, 7) is 6.41. The second-order valence-corrected chi connectivity index (χ2v) is 6.75. The predicted octanol–water partition coefficient (Wildman–Crippen LogP) is 4.25. The first-order chi connectivity index (χ1) is 13.5. The van der Waals surface area contributed by atoms with E-state index in [4.69, 9.17) is 4.74 Å². The van der Waals surface area contributed by atoms with E-state index in [0.717, 1.165) is 22.6 Å². The summed E-state index contributed by atoms with van der Waals surface area (Å²) in [7, 11) is 0. The normalized spacial score (nSPS) is 10.6. The van der Waals surface area contributed by atoms with Gasteiger partial charge in [0.1, 0.15) is 23.6 Å². The van der Waals surface area contributed by atoms with E-state index in [9.17, 15) is 4.79 Å². The van der Waals surface area contributed by atoms with Crippen LogP contribution >= 0.6 is 0 Å². The Bertz CT molecular complexity index is 957. The molecular formula is C22H24N4O2. The molecule has 0 fully saturated rings. The highest BCUT2D eigenvalue weighted by Crippen LogP contribution is 2.27. The van der Waals surface area contributed by atoms with Crippen LogP contribution in [0.3, 0.4) is 0 Å². The topological polar surface area (TPSA) is 76.1 Å². The van der Waals surface area contributed by atoms with Crippen LogP contribution in [0.4, 0.5) is 11.5 Å². The molecule has 2 aromatic carbocycles. The molecule has 1 amide bonds. The molecule has 28 heavy (non-hydrogen) atoms. The molecule has 0 aliphatic heterocycles. The Kier molecular flexibility index (Phi) is 6.22. The lowest BCUT2D eigenvalue weighted by molar-refractivity contribution is 0.0945. The second-order valence-electron chi connectivity index (χ2n) is 6.75. The van der Waals surface area contributed by atoms with Crippen molar-refractivity contribution in [3.63, 3.8) is 0 Å². The van der Waals surface area contributed by atoms with Crippen molar-refractivity contribution in [1.29, 1.82) is 0 Å². The summed E-state index contributed by atoms with van der Waals surface area (Å²) in [6.07, 6.45) is 1.42. The van der Waals surface area contributed by atoms with Crippen LogP contribution in [0.2, 0.25) is 0 Å². The van der Waals surface area contributed by atoms with Gasteiger partial charge in [0.25, 0.3) is 5.91 Å². The zero-order valence-electron chi connectivity index (χ0n) is 16.3. The minimum absolute atomic E-state index is 0.0521. The molecule has 0 aliphatic carbocycles. The third-order valence-corrected chi connectivity index (χ3v) is 3.95. The van der Waals surface area contributed by atoms with Gasteiger partial charge in [-0.2, -0.15) is 0 Å².